The molecule has 0 saturated carbocycles. The standard InChI is InChI=1S/C21H23N3O/c25-21-19(18-6-2-3-7-20(18)23-21)14-22-17-10-8-16(9-11-17)15-24-12-4-1-5-13-24/h2-3,6-11,14,23,25H,1,4-5,12-13,15H2. The lowest BCUT2D eigenvalue weighted by Crippen LogP contribution is -2.28. The second-order valence-electron chi connectivity index (χ2n) is 6.69. The van der Waals surface area contributed by atoms with Crippen molar-refractivity contribution in [2.75, 3.05) is 13.1 Å². The summed E-state index contributed by atoms with van der Waals surface area (Å²) >= 11 is 0. The fraction of sp³-hybridized carbons (Fsp3) is 0.286. The number of benzene rings is 2. The van der Waals surface area contributed by atoms with E-state index >= 15 is 0 Å². The summed E-state index contributed by atoms with van der Waals surface area (Å²) in [6, 6.07) is 16.2. The first-order valence-corrected chi connectivity index (χ1v) is 8.95. The molecular weight excluding hydrogens is 310 g/mol. The molecule has 0 unspecified atom stereocenters. The van der Waals surface area contributed by atoms with Gasteiger partial charge in [0.15, 0.2) is 5.88 Å². The molecule has 1 aromatic heterocycles. The van der Waals surface area contributed by atoms with Crippen LogP contribution in [0.5, 0.6) is 5.88 Å². The summed E-state index contributed by atoms with van der Waals surface area (Å²) in [4.78, 5) is 10.0. The molecule has 4 nitrogen and oxygen atoms in total. The SMILES string of the molecule is Oc1[nH]c2ccccc2c1C=Nc1ccc(CN2CCCCC2)cc1. The van der Waals surface area contributed by atoms with Crippen LogP contribution in [0.3, 0.4) is 0 Å². The van der Waals surface area contributed by atoms with Crippen molar-refractivity contribution < 1.29 is 5.11 Å². The molecule has 1 fully saturated rings. The van der Waals surface area contributed by atoms with Crippen LogP contribution < -0.4 is 0 Å². The molecule has 0 atom stereocenters. The highest BCUT2D eigenvalue weighted by Gasteiger charge is 2.10. The summed E-state index contributed by atoms with van der Waals surface area (Å²) in [5.41, 5.74) is 3.87. The third-order valence-electron chi connectivity index (χ3n) is 4.86. The molecule has 2 aromatic carbocycles. The number of rotatable bonds is 4. The number of aromatic nitrogens is 1. The van der Waals surface area contributed by atoms with Gasteiger partial charge < -0.3 is 10.1 Å². The summed E-state index contributed by atoms with van der Waals surface area (Å²) in [5.74, 6) is 0.159. The molecule has 0 bridgehead atoms. The second-order valence-corrected chi connectivity index (χ2v) is 6.69. The number of nitrogens with zero attached hydrogens (tertiary/aromatic N) is 2. The van der Waals surface area contributed by atoms with Crippen molar-refractivity contribution in [3.8, 4) is 5.88 Å². The van der Waals surface area contributed by atoms with Crippen LogP contribution in [0.2, 0.25) is 0 Å². The highest BCUT2D eigenvalue weighted by Crippen LogP contribution is 2.26. The van der Waals surface area contributed by atoms with Gasteiger partial charge in [-0.15, -0.1) is 0 Å². The summed E-state index contributed by atoms with van der Waals surface area (Å²) < 4.78 is 0. The Balaban J connectivity index is 1.48. The van der Waals surface area contributed by atoms with Gasteiger partial charge in [-0.05, 0) is 49.7 Å². The molecule has 2 heterocycles. The monoisotopic (exact) mass is 333 g/mol. The van der Waals surface area contributed by atoms with Crippen LogP contribution >= 0.6 is 0 Å². The van der Waals surface area contributed by atoms with E-state index in [1.165, 1.54) is 37.9 Å². The third-order valence-corrected chi connectivity index (χ3v) is 4.86. The van der Waals surface area contributed by atoms with Gasteiger partial charge in [-0.3, -0.25) is 9.89 Å². The number of nitrogens with one attached hydrogen (secondary N) is 1. The number of aromatic hydroxyl groups is 1. The molecule has 3 aromatic rings. The van der Waals surface area contributed by atoms with Crippen molar-refractivity contribution in [2.45, 2.75) is 25.8 Å². The number of para-hydroxylation sites is 1. The zero-order valence-electron chi connectivity index (χ0n) is 14.3. The van der Waals surface area contributed by atoms with Gasteiger partial charge in [-0.25, -0.2) is 0 Å². The van der Waals surface area contributed by atoms with Gasteiger partial charge in [0, 0.05) is 23.7 Å². The lowest BCUT2D eigenvalue weighted by molar-refractivity contribution is 0.221. The van der Waals surface area contributed by atoms with Crippen molar-refractivity contribution in [3.63, 3.8) is 0 Å². The van der Waals surface area contributed by atoms with E-state index in [0.717, 1.165) is 28.7 Å². The molecule has 0 aliphatic carbocycles. The van der Waals surface area contributed by atoms with E-state index < -0.39 is 0 Å². The number of H-pyrrole nitrogens is 1. The van der Waals surface area contributed by atoms with E-state index in [1.54, 1.807) is 6.21 Å². The van der Waals surface area contributed by atoms with Crippen molar-refractivity contribution in [3.05, 3.63) is 59.7 Å². The lowest BCUT2D eigenvalue weighted by Gasteiger charge is -2.26. The highest BCUT2D eigenvalue weighted by atomic mass is 16.3. The van der Waals surface area contributed by atoms with E-state index in [9.17, 15) is 5.11 Å². The Bertz CT molecular complexity index is 874. The molecule has 4 heteroatoms. The Kier molecular flexibility index (Phi) is 4.53. The van der Waals surface area contributed by atoms with Gasteiger partial charge in [-0.1, -0.05) is 36.8 Å². The van der Waals surface area contributed by atoms with Crippen LogP contribution in [0.25, 0.3) is 10.9 Å². The maximum absolute atomic E-state index is 10.1. The topological polar surface area (TPSA) is 51.6 Å². The fourth-order valence-corrected chi connectivity index (χ4v) is 3.48. The number of hydrogen-bond acceptors (Lipinski definition) is 3. The van der Waals surface area contributed by atoms with E-state index in [4.69, 9.17) is 0 Å². The number of piperidine rings is 1. The Labute approximate surface area is 147 Å². The van der Waals surface area contributed by atoms with Crippen LogP contribution in [0.15, 0.2) is 53.5 Å². The minimum Gasteiger partial charge on any atom is -0.494 e. The number of fused-ring (bicyclic) bond motifs is 1. The number of hydrogen-bond donors (Lipinski definition) is 2. The molecule has 1 saturated heterocycles. The molecule has 4 rings (SSSR count). The lowest BCUT2D eigenvalue weighted by atomic mass is 10.1. The molecule has 0 amide bonds. The molecule has 1 aliphatic heterocycles. The first-order chi connectivity index (χ1) is 12.3. The summed E-state index contributed by atoms with van der Waals surface area (Å²) in [7, 11) is 0. The Morgan fingerprint density at radius 3 is 2.56 bits per heavy atom. The highest BCUT2D eigenvalue weighted by molar-refractivity contribution is 6.02. The first-order valence-electron chi connectivity index (χ1n) is 8.95. The van der Waals surface area contributed by atoms with Crippen molar-refractivity contribution in [2.24, 2.45) is 4.99 Å². The minimum atomic E-state index is 0.159. The number of likely N-dealkylation sites (tertiary alicyclic amines) is 1. The molecular formula is C21H23N3O. The smallest absolute Gasteiger partial charge is 0.198 e. The van der Waals surface area contributed by atoms with Gasteiger partial charge in [0.2, 0.25) is 0 Å². The molecule has 128 valence electrons. The minimum absolute atomic E-state index is 0.159. The van der Waals surface area contributed by atoms with Gasteiger partial charge in [0.05, 0.1) is 11.3 Å². The van der Waals surface area contributed by atoms with Gasteiger partial charge in [0.25, 0.3) is 0 Å². The predicted octanol–water partition coefficient (Wildman–Crippen LogP) is 4.61. The second kappa shape index (κ2) is 7.11. The first kappa shape index (κ1) is 15.9. The van der Waals surface area contributed by atoms with E-state index in [2.05, 4.69) is 27.0 Å². The Hall–Kier alpha value is -2.59. The summed E-state index contributed by atoms with van der Waals surface area (Å²) in [6.45, 7) is 3.44. The van der Waals surface area contributed by atoms with Crippen molar-refractivity contribution >= 4 is 22.8 Å². The van der Waals surface area contributed by atoms with Crippen LogP contribution in [-0.4, -0.2) is 34.3 Å². The number of aromatic amines is 1. The van der Waals surface area contributed by atoms with Crippen LogP contribution in [0.4, 0.5) is 5.69 Å². The van der Waals surface area contributed by atoms with E-state index in [-0.39, 0.29) is 5.88 Å². The van der Waals surface area contributed by atoms with Gasteiger partial charge in [-0.2, -0.15) is 0 Å². The maximum Gasteiger partial charge on any atom is 0.198 e. The molecule has 0 spiro atoms. The molecule has 1 aliphatic rings. The maximum atomic E-state index is 10.1. The average molecular weight is 333 g/mol. The zero-order valence-corrected chi connectivity index (χ0v) is 14.3. The van der Waals surface area contributed by atoms with E-state index in [1.807, 2.05) is 36.4 Å². The molecule has 0 radical (unpaired) electrons. The molecule has 25 heavy (non-hydrogen) atoms. The molecule has 2 N–H and O–H groups in total. The van der Waals surface area contributed by atoms with Crippen molar-refractivity contribution in [1.29, 1.82) is 0 Å². The Morgan fingerprint density at radius 1 is 1.00 bits per heavy atom. The predicted molar refractivity (Wildman–Crippen MR) is 103 cm³/mol. The van der Waals surface area contributed by atoms with Crippen LogP contribution in [-0.2, 0) is 6.54 Å². The fourth-order valence-electron chi connectivity index (χ4n) is 3.48. The van der Waals surface area contributed by atoms with Gasteiger partial charge >= 0.3 is 0 Å². The van der Waals surface area contributed by atoms with Crippen LogP contribution in [0.1, 0.15) is 30.4 Å². The Morgan fingerprint density at radius 2 is 1.76 bits per heavy atom. The van der Waals surface area contributed by atoms with Crippen LogP contribution in [0, 0.1) is 0 Å². The van der Waals surface area contributed by atoms with Gasteiger partial charge in [0.1, 0.15) is 0 Å². The number of aliphatic imine (C=N–C) groups is 1. The largest absolute Gasteiger partial charge is 0.494 e. The summed E-state index contributed by atoms with van der Waals surface area (Å²) in [5, 5.41) is 11.1. The quantitative estimate of drug-likeness (QED) is 0.685. The average Bonchev–Trinajstić information content (AvgIpc) is 2.97. The normalized spacial score (nSPS) is 16.0. The summed E-state index contributed by atoms with van der Waals surface area (Å²) in [6.07, 6.45) is 5.73. The third kappa shape index (κ3) is 3.59. The van der Waals surface area contributed by atoms with E-state index in [0.29, 0.717) is 0 Å². The zero-order chi connectivity index (χ0) is 17.1. The van der Waals surface area contributed by atoms with Crippen molar-refractivity contribution in [1.82, 2.24) is 9.88 Å².